The maximum atomic E-state index is 5.56. The van der Waals surface area contributed by atoms with E-state index >= 15 is 0 Å². The van der Waals surface area contributed by atoms with Gasteiger partial charge in [0.2, 0.25) is 0 Å². The lowest BCUT2D eigenvalue weighted by Crippen LogP contribution is -2.38. The van der Waals surface area contributed by atoms with E-state index in [0.717, 1.165) is 52.6 Å². The molecule has 0 bridgehead atoms. The summed E-state index contributed by atoms with van der Waals surface area (Å²) in [7, 11) is 1.96. The summed E-state index contributed by atoms with van der Waals surface area (Å²) in [5.41, 5.74) is 0. The second-order valence-corrected chi connectivity index (χ2v) is 5.58. The smallest absolute Gasteiger partial charge is 0.0594 e. The summed E-state index contributed by atoms with van der Waals surface area (Å²) in [6.07, 6.45) is 6.25. The minimum Gasteiger partial charge on any atom is -0.380 e. The van der Waals surface area contributed by atoms with E-state index in [9.17, 15) is 0 Å². The number of morpholine rings is 1. The molecule has 1 N–H and O–H groups in total. The first kappa shape index (κ1) is 24.1. The molecule has 22 heavy (non-hydrogen) atoms. The van der Waals surface area contributed by atoms with Crippen LogP contribution in [0, 0.1) is 0 Å². The van der Waals surface area contributed by atoms with E-state index in [1.165, 1.54) is 32.1 Å². The molecule has 0 aliphatic carbocycles. The number of nitrogens with one attached hydrogen (secondary N) is 1. The van der Waals surface area contributed by atoms with Gasteiger partial charge in [-0.1, -0.05) is 47.0 Å². The Kier molecular flexibility index (Phi) is 25.3. The van der Waals surface area contributed by atoms with Gasteiger partial charge in [0.1, 0.15) is 0 Å². The third-order valence-electron chi connectivity index (χ3n) is 3.05. The summed E-state index contributed by atoms with van der Waals surface area (Å²) in [4.78, 5) is 2.41. The summed E-state index contributed by atoms with van der Waals surface area (Å²) in [6.45, 7) is 16.5. The third-order valence-corrected chi connectivity index (χ3v) is 3.05. The zero-order valence-electron chi connectivity index (χ0n) is 16.0. The number of nitrogens with zero attached hydrogens (tertiary/aromatic N) is 1. The molecular formula is C18H42N2O2. The quantitative estimate of drug-likeness (QED) is 0.659. The van der Waals surface area contributed by atoms with E-state index in [1.54, 1.807) is 0 Å². The van der Waals surface area contributed by atoms with Crippen LogP contribution in [0.3, 0.4) is 0 Å². The Morgan fingerprint density at radius 2 is 1.59 bits per heavy atom. The average molecular weight is 319 g/mol. The number of ether oxygens (including phenoxy) is 2. The Balaban J connectivity index is 0. The summed E-state index contributed by atoms with van der Waals surface area (Å²) in [5.74, 6) is 0. The lowest BCUT2D eigenvalue weighted by molar-refractivity contribution is 0.0200. The zero-order valence-corrected chi connectivity index (χ0v) is 16.0. The molecule has 4 heteroatoms. The molecule has 1 saturated heterocycles. The van der Waals surface area contributed by atoms with Gasteiger partial charge in [-0.15, -0.1) is 0 Å². The van der Waals surface area contributed by atoms with Crippen LogP contribution in [0.25, 0.3) is 0 Å². The SMILES string of the molecule is CCC.CCCCCOCCN1CCOCC1.CCCNC. The average Bonchev–Trinajstić information content (AvgIpc) is 2.54. The van der Waals surface area contributed by atoms with E-state index in [2.05, 4.69) is 37.9 Å². The van der Waals surface area contributed by atoms with Crippen molar-refractivity contribution in [1.82, 2.24) is 10.2 Å². The van der Waals surface area contributed by atoms with Gasteiger partial charge in [0.15, 0.2) is 0 Å². The van der Waals surface area contributed by atoms with Crippen molar-refractivity contribution in [3.05, 3.63) is 0 Å². The third kappa shape index (κ3) is 22.1. The van der Waals surface area contributed by atoms with Crippen molar-refractivity contribution in [2.45, 2.75) is 59.8 Å². The lowest BCUT2D eigenvalue weighted by atomic mass is 10.3. The molecule has 1 rings (SSSR count). The van der Waals surface area contributed by atoms with Crippen molar-refractivity contribution in [3.8, 4) is 0 Å². The second kappa shape index (κ2) is 23.1. The molecular weight excluding hydrogens is 276 g/mol. The molecule has 0 atom stereocenters. The van der Waals surface area contributed by atoms with Gasteiger partial charge < -0.3 is 14.8 Å². The molecule has 0 aromatic rings. The molecule has 0 unspecified atom stereocenters. The summed E-state index contributed by atoms with van der Waals surface area (Å²) < 4.78 is 10.8. The fraction of sp³-hybridized carbons (Fsp3) is 1.00. The van der Waals surface area contributed by atoms with Crippen LogP contribution in [0.1, 0.15) is 59.8 Å². The predicted molar refractivity (Wildman–Crippen MR) is 97.8 cm³/mol. The van der Waals surface area contributed by atoms with Crippen molar-refractivity contribution in [3.63, 3.8) is 0 Å². The first-order valence-corrected chi connectivity index (χ1v) is 9.29. The van der Waals surface area contributed by atoms with E-state index in [-0.39, 0.29) is 0 Å². The van der Waals surface area contributed by atoms with Crippen LogP contribution in [0.4, 0.5) is 0 Å². The molecule has 0 spiro atoms. The van der Waals surface area contributed by atoms with Crippen molar-refractivity contribution >= 4 is 0 Å². The Morgan fingerprint density at radius 3 is 2.05 bits per heavy atom. The first-order chi connectivity index (χ1) is 10.8. The first-order valence-electron chi connectivity index (χ1n) is 9.29. The standard InChI is InChI=1S/C11H23NO2.C4H11N.C3H8/c1-2-3-4-8-13-9-5-12-6-10-14-11-7-12;1-3-4-5-2;1-3-2/h2-11H2,1H3;5H,3-4H2,1-2H3;3H2,1-2H3. The molecule has 4 nitrogen and oxygen atoms in total. The Morgan fingerprint density at radius 1 is 0.955 bits per heavy atom. The lowest BCUT2D eigenvalue weighted by Gasteiger charge is -2.26. The fourth-order valence-corrected chi connectivity index (χ4v) is 1.82. The van der Waals surface area contributed by atoms with Crippen molar-refractivity contribution < 1.29 is 9.47 Å². The van der Waals surface area contributed by atoms with Crippen LogP contribution >= 0.6 is 0 Å². The van der Waals surface area contributed by atoms with E-state index in [0.29, 0.717) is 0 Å². The van der Waals surface area contributed by atoms with Gasteiger partial charge >= 0.3 is 0 Å². The number of hydrogen-bond acceptors (Lipinski definition) is 4. The van der Waals surface area contributed by atoms with Crippen LogP contribution in [-0.2, 0) is 9.47 Å². The largest absolute Gasteiger partial charge is 0.380 e. The highest BCUT2D eigenvalue weighted by Gasteiger charge is 2.08. The van der Waals surface area contributed by atoms with Crippen LogP contribution in [-0.4, -0.2) is 64.6 Å². The van der Waals surface area contributed by atoms with Crippen molar-refractivity contribution in [1.29, 1.82) is 0 Å². The monoisotopic (exact) mass is 318 g/mol. The fourth-order valence-electron chi connectivity index (χ4n) is 1.82. The molecule has 1 aliphatic heterocycles. The van der Waals surface area contributed by atoms with Gasteiger partial charge in [0.05, 0.1) is 19.8 Å². The highest BCUT2D eigenvalue weighted by atomic mass is 16.5. The maximum absolute atomic E-state index is 5.56. The molecule has 0 aromatic heterocycles. The zero-order chi connectivity index (χ0) is 16.9. The van der Waals surface area contributed by atoms with E-state index in [4.69, 9.17) is 9.47 Å². The van der Waals surface area contributed by atoms with Crippen molar-refractivity contribution in [2.24, 2.45) is 0 Å². The number of unbranched alkanes of at least 4 members (excludes halogenated alkanes) is 2. The van der Waals surface area contributed by atoms with Gasteiger partial charge in [-0.2, -0.15) is 0 Å². The Hall–Kier alpha value is -0.160. The highest BCUT2D eigenvalue weighted by Crippen LogP contribution is 1.97. The number of rotatable bonds is 9. The number of hydrogen-bond donors (Lipinski definition) is 1. The summed E-state index contributed by atoms with van der Waals surface area (Å²) in [5, 5.41) is 3.02. The van der Waals surface area contributed by atoms with Gasteiger partial charge in [0.25, 0.3) is 0 Å². The topological polar surface area (TPSA) is 33.7 Å². The molecule has 1 aliphatic rings. The molecule has 0 radical (unpaired) electrons. The summed E-state index contributed by atoms with van der Waals surface area (Å²) in [6, 6.07) is 0. The van der Waals surface area contributed by atoms with Crippen LogP contribution < -0.4 is 5.32 Å². The molecule has 136 valence electrons. The normalized spacial score (nSPS) is 14.6. The minimum absolute atomic E-state index is 0.879. The Bertz CT molecular complexity index is 172. The Labute approximate surface area is 139 Å². The second-order valence-electron chi connectivity index (χ2n) is 5.58. The van der Waals surface area contributed by atoms with Gasteiger partial charge in [-0.05, 0) is 26.4 Å². The van der Waals surface area contributed by atoms with Crippen LogP contribution in [0.5, 0.6) is 0 Å². The molecule has 0 aromatic carbocycles. The van der Waals surface area contributed by atoms with Gasteiger partial charge in [-0.3, -0.25) is 4.90 Å². The van der Waals surface area contributed by atoms with E-state index < -0.39 is 0 Å². The molecule has 0 amide bonds. The maximum Gasteiger partial charge on any atom is 0.0594 e. The van der Waals surface area contributed by atoms with Gasteiger partial charge in [0, 0.05) is 26.2 Å². The van der Waals surface area contributed by atoms with Crippen LogP contribution in [0.2, 0.25) is 0 Å². The molecule has 1 heterocycles. The molecule has 0 saturated carbocycles. The van der Waals surface area contributed by atoms with Crippen LogP contribution in [0.15, 0.2) is 0 Å². The summed E-state index contributed by atoms with van der Waals surface area (Å²) >= 11 is 0. The molecule has 1 fully saturated rings. The minimum atomic E-state index is 0.879. The predicted octanol–water partition coefficient (Wildman–Crippen LogP) is 3.56. The highest BCUT2D eigenvalue weighted by molar-refractivity contribution is 4.60. The van der Waals surface area contributed by atoms with Gasteiger partial charge in [-0.25, -0.2) is 0 Å². The van der Waals surface area contributed by atoms with E-state index in [1.807, 2.05) is 7.05 Å². The van der Waals surface area contributed by atoms with Crippen molar-refractivity contribution in [2.75, 3.05) is 59.7 Å².